The fourth-order valence-corrected chi connectivity index (χ4v) is 7.07. The van der Waals surface area contributed by atoms with E-state index >= 15 is 0 Å². The number of thiophene rings is 1. The van der Waals surface area contributed by atoms with Gasteiger partial charge < -0.3 is 4.42 Å². The summed E-state index contributed by atoms with van der Waals surface area (Å²) in [5.74, 6) is 0. The molecule has 38 heavy (non-hydrogen) atoms. The Morgan fingerprint density at radius 1 is 0.789 bits per heavy atom. The molecule has 0 atom stereocenters. The number of aryl methyl sites for hydroxylation is 1. The summed E-state index contributed by atoms with van der Waals surface area (Å²) >= 11 is 1.83. The second-order valence-electron chi connectivity index (χ2n) is 11.5. The number of furan rings is 1. The van der Waals surface area contributed by atoms with Crippen molar-refractivity contribution in [2.75, 3.05) is 0 Å². The molecule has 186 valence electrons. The van der Waals surface area contributed by atoms with E-state index in [0.29, 0.717) is 0 Å². The largest absolute Gasteiger partial charge is 0.455 e. The lowest BCUT2D eigenvalue weighted by molar-refractivity contribution is 0.411. The SMILES string of the molecule is Cc1c(-c2ccc(CC(C)(C)C)cc2)sc2c(-c3cccc4c3oc3ccc5ccccc5c34)nccc12. The number of para-hydroxylation sites is 1. The van der Waals surface area contributed by atoms with Crippen LogP contribution in [0.2, 0.25) is 0 Å². The summed E-state index contributed by atoms with van der Waals surface area (Å²) in [5, 5.41) is 6.01. The Morgan fingerprint density at radius 3 is 2.39 bits per heavy atom. The first-order valence-electron chi connectivity index (χ1n) is 13.2. The van der Waals surface area contributed by atoms with Crippen molar-refractivity contribution in [1.82, 2.24) is 4.98 Å². The van der Waals surface area contributed by atoms with Crippen LogP contribution in [0.25, 0.3) is 64.5 Å². The van der Waals surface area contributed by atoms with Gasteiger partial charge >= 0.3 is 0 Å². The number of hydrogen-bond donors (Lipinski definition) is 0. The molecule has 0 aliphatic rings. The molecule has 0 amide bonds. The Labute approximate surface area is 226 Å². The van der Waals surface area contributed by atoms with E-state index < -0.39 is 0 Å². The van der Waals surface area contributed by atoms with Crippen LogP contribution in [0.5, 0.6) is 0 Å². The van der Waals surface area contributed by atoms with Crippen LogP contribution in [0.15, 0.2) is 95.5 Å². The number of fused-ring (bicyclic) bond motifs is 6. The minimum Gasteiger partial charge on any atom is -0.455 e. The zero-order chi connectivity index (χ0) is 26.0. The predicted molar refractivity (Wildman–Crippen MR) is 163 cm³/mol. The minimum atomic E-state index is 0.277. The van der Waals surface area contributed by atoms with Crippen molar-refractivity contribution < 1.29 is 4.42 Å². The Kier molecular flexibility index (Phi) is 5.21. The van der Waals surface area contributed by atoms with E-state index in [1.165, 1.54) is 47.8 Å². The van der Waals surface area contributed by atoms with E-state index in [1.54, 1.807) is 0 Å². The number of rotatable bonds is 3. The summed E-state index contributed by atoms with van der Waals surface area (Å²) in [4.78, 5) is 6.22. The number of hydrogen-bond acceptors (Lipinski definition) is 3. The van der Waals surface area contributed by atoms with Crippen molar-refractivity contribution in [3.63, 3.8) is 0 Å². The lowest BCUT2D eigenvalue weighted by Gasteiger charge is -2.18. The molecule has 3 aromatic heterocycles. The molecule has 0 saturated carbocycles. The molecule has 0 fully saturated rings. The van der Waals surface area contributed by atoms with Crippen molar-refractivity contribution in [2.24, 2.45) is 5.41 Å². The van der Waals surface area contributed by atoms with E-state index in [1.807, 2.05) is 17.5 Å². The molecule has 7 rings (SSSR count). The molecule has 0 spiro atoms. The molecule has 4 aromatic carbocycles. The maximum Gasteiger partial charge on any atom is 0.144 e. The van der Waals surface area contributed by atoms with Crippen LogP contribution in [0, 0.1) is 12.3 Å². The first-order chi connectivity index (χ1) is 18.4. The summed E-state index contributed by atoms with van der Waals surface area (Å²) in [5.41, 5.74) is 8.07. The molecule has 3 heteroatoms. The van der Waals surface area contributed by atoms with Crippen LogP contribution >= 0.6 is 11.3 Å². The maximum atomic E-state index is 6.53. The molecule has 0 N–H and O–H groups in total. The van der Waals surface area contributed by atoms with Gasteiger partial charge in [-0.15, -0.1) is 11.3 Å². The Bertz CT molecular complexity index is 1980. The third-order valence-electron chi connectivity index (χ3n) is 7.45. The van der Waals surface area contributed by atoms with Crippen LogP contribution in [0.3, 0.4) is 0 Å². The zero-order valence-corrected chi connectivity index (χ0v) is 22.9. The molecular formula is C35H29NOS. The van der Waals surface area contributed by atoms with Gasteiger partial charge in [0.1, 0.15) is 11.2 Å². The standard InChI is InChI=1S/C35H29NOS/c1-21-25-18-19-36-31(34(25)38-33(21)24-14-12-22(13-15-24)20-35(2,3)4)28-11-7-10-27-30-26-9-6-5-8-23(26)16-17-29(30)37-32(27)28/h5-19H,20H2,1-4H3. The van der Waals surface area contributed by atoms with E-state index in [9.17, 15) is 0 Å². The van der Waals surface area contributed by atoms with Gasteiger partial charge in [0, 0.05) is 27.4 Å². The van der Waals surface area contributed by atoms with Crippen LogP contribution in [0.1, 0.15) is 31.9 Å². The van der Waals surface area contributed by atoms with Gasteiger partial charge in [0.25, 0.3) is 0 Å². The fraction of sp³-hybridized carbons (Fsp3) is 0.171. The quantitative estimate of drug-likeness (QED) is 0.236. The highest BCUT2D eigenvalue weighted by molar-refractivity contribution is 7.23. The van der Waals surface area contributed by atoms with Crippen LogP contribution in [0.4, 0.5) is 0 Å². The van der Waals surface area contributed by atoms with Gasteiger partial charge in [0.05, 0.1) is 10.4 Å². The van der Waals surface area contributed by atoms with E-state index in [4.69, 9.17) is 9.40 Å². The Balaban J connectivity index is 1.41. The molecule has 0 bridgehead atoms. The lowest BCUT2D eigenvalue weighted by atomic mass is 9.88. The van der Waals surface area contributed by atoms with E-state index in [0.717, 1.165) is 34.2 Å². The van der Waals surface area contributed by atoms with Crippen molar-refractivity contribution in [3.05, 3.63) is 102 Å². The van der Waals surface area contributed by atoms with Gasteiger partial charge in [-0.1, -0.05) is 87.5 Å². The Hall–Kier alpha value is -3.95. The summed E-state index contributed by atoms with van der Waals surface area (Å²) in [6.07, 6.45) is 3.01. The van der Waals surface area contributed by atoms with Crippen LogP contribution in [-0.2, 0) is 6.42 Å². The summed E-state index contributed by atoms with van der Waals surface area (Å²) in [6.45, 7) is 9.10. The maximum absolute atomic E-state index is 6.53. The zero-order valence-electron chi connectivity index (χ0n) is 22.1. The van der Waals surface area contributed by atoms with Gasteiger partial charge in [-0.05, 0) is 69.8 Å². The Morgan fingerprint density at radius 2 is 1.58 bits per heavy atom. The molecule has 7 aromatic rings. The number of aromatic nitrogens is 1. The summed E-state index contributed by atoms with van der Waals surface area (Å²) in [6, 6.07) is 30.4. The molecule has 0 saturated heterocycles. The average Bonchev–Trinajstić information content (AvgIpc) is 3.46. The first-order valence-corrected chi connectivity index (χ1v) is 14.0. The highest BCUT2D eigenvalue weighted by Crippen LogP contribution is 2.45. The van der Waals surface area contributed by atoms with E-state index in [2.05, 4.69) is 113 Å². The lowest BCUT2D eigenvalue weighted by Crippen LogP contribution is -2.08. The number of benzene rings is 4. The molecule has 0 aliphatic carbocycles. The van der Waals surface area contributed by atoms with Gasteiger partial charge in [0.2, 0.25) is 0 Å². The van der Waals surface area contributed by atoms with Crippen LogP contribution < -0.4 is 0 Å². The topological polar surface area (TPSA) is 26.0 Å². The molecule has 0 radical (unpaired) electrons. The molecule has 2 nitrogen and oxygen atoms in total. The average molecular weight is 512 g/mol. The second kappa shape index (κ2) is 8.54. The minimum absolute atomic E-state index is 0.277. The molecule has 3 heterocycles. The summed E-state index contributed by atoms with van der Waals surface area (Å²) < 4.78 is 7.74. The van der Waals surface area contributed by atoms with Gasteiger partial charge in [-0.25, -0.2) is 0 Å². The monoisotopic (exact) mass is 511 g/mol. The van der Waals surface area contributed by atoms with Crippen molar-refractivity contribution in [1.29, 1.82) is 0 Å². The van der Waals surface area contributed by atoms with Gasteiger partial charge in [-0.3, -0.25) is 4.98 Å². The summed E-state index contributed by atoms with van der Waals surface area (Å²) in [7, 11) is 0. The van der Waals surface area contributed by atoms with Gasteiger partial charge in [0.15, 0.2) is 0 Å². The van der Waals surface area contributed by atoms with Crippen LogP contribution in [-0.4, -0.2) is 4.98 Å². The van der Waals surface area contributed by atoms with Gasteiger partial charge in [-0.2, -0.15) is 0 Å². The molecule has 0 unspecified atom stereocenters. The molecular weight excluding hydrogens is 482 g/mol. The fourth-order valence-electron chi connectivity index (χ4n) is 5.76. The van der Waals surface area contributed by atoms with Crippen molar-refractivity contribution >= 4 is 54.1 Å². The highest BCUT2D eigenvalue weighted by Gasteiger charge is 2.20. The third-order valence-corrected chi connectivity index (χ3v) is 8.81. The van der Waals surface area contributed by atoms with Crippen molar-refractivity contribution in [2.45, 2.75) is 34.1 Å². The number of pyridine rings is 1. The first kappa shape index (κ1) is 23.2. The predicted octanol–water partition coefficient (Wildman–Crippen LogP) is 10.6. The normalized spacial score (nSPS) is 12.3. The van der Waals surface area contributed by atoms with Crippen molar-refractivity contribution in [3.8, 4) is 21.7 Å². The highest BCUT2D eigenvalue weighted by atomic mass is 32.1. The number of nitrogens with zero attached hydrogens (tertiary/aromatic N) is 1. The smallest absolute Gasteiger partial charge is 0.144 e. The molecule has 0 aliphatic heterocycles. The van der Waals surface area contributed by atoms with E-state index in [-0.39, 0.29) is 5.41 Å². The second-order valence-corrected chi connectivity index (χ2v) is 12.5. The third kappa shape index (κ3) is 3.73.